The standard InChI is InChI=1S/C22H19FN4O2/c1-14-21(15(2)27(25-14)13-17-10-6-7-11-18(17)23)24-22(28)19-12-20(29-26-19)16-8-4-3-5-9-16/h3-12H,13H2,1-2H3,(H,24,28). The van der Waals surface area contributed by atoms with Crippen molar-refractivity contribution in [2.75, 3.05) is 5.32 Å². The molecule has 0 aliphatic carbocycles. The number of aryl methyl sites for hydroxylation is 1. The average molecular weight is 390 g/mol. The highest BCUT2D eigenvalue weighted by Crippen LogP contribution is 2.23. The highest BCUT2D eigenvalue weighted by molar-refractivity contribution is 6.03. The number of rotatable bonds is 5. The number of hydrogen-bond donors (Lipinski definition) is 1. The largest absolute Gasteiger partial charge is 0.355 e. The average Bonchev–Trinajstić information content (AvgIpc) is 3.32. The van der Waals surface area contributed by atoms with Crippen LogP contribution >= 0.6 is 0 Å². The number of hydrogen-bond acceptors (Lipinski definition) is 4. The molecule has 0 spiro atoms. The van der Waals surface area contributed by atoms with Crippen molar-refractivity contribution in [3.05, 3.63) is 89.1 Å². The van der Waals surface area contributed by atoms with E-state index in [-0.39, 0.29) is 18.1 Å². The van der Waals surface area contributed by atoms with Crippen LogP contribution in [0.15, 0.2) is 65.2 Å². The van der Waals surface area contributed by atoms with E-state index in [1.165, 1.54) is 6.07 Å². The third-order valence-corrected chi connectivity index (χ3v) is 4.70. The van der Waals surface area contributed by atoms with E-state index < -0.39 is 5.91 Å². The third kappa shape index (κ3) is 3.80. The summed E-state index contributed by atoms with van der Waals surface area (Å²) in [4.78, 5) is 12.7. The minimum atomic E-state index is -0.396. The predicted octanol–water partition coefficient (Wildman–Crippen LogP) is 4.59. The van der Waals surface area contributed by atoms with Gasteiger partial charge in [-0.3, -0.25) is 9.48 Å². The van der Waals surface area contributed by atoms with Gasteiger partial charge in [-0.05, 0) is 19.9 Å². The third-order valence-electron chi connectivity index (χ3n) is 4.70. The second-order valence-corrected chi connectivity index (χ2v) is 6.69. The zero-order chi connectivity index (χ0) is 20.4. The van der Waals surface area contributed by atoms with Crippen LogP contribution in [0.3, 0.4) is 0 Å². The van der Waals surface area contributed by atoms with E-state index in [4.69, 9.17) is 4.52 Å². The van der Waals surface area contributed by atoms with E-state index in [1.54, 1.807) is 35.9 Å². The van der Waals surface area contributed by atoms with Crippen molar-refractivity contribution in [3.63, 3.8) is 0 Å². The van der Waals surface area contributed by atoms with Crippen LogP contribution in [-0.4, -0.2) is 20.8 Å². The molecule has 0 radical (unpaired) electrons. The molecule has 0 bridgehead atoms. The molecule has 2 aromatic heterocycles. The lowest BCUT2D eigenvalue weighted by Gasteiger charge is -2.07. The van der Waals surface area contributed by atoms with Crippen molar-refractivity contribution in [1.29, 1.82) is 0 Å². The van der Waals surface area contributed by atoms with Gasteiger partial charge in [0.2, 0.25) is 0 Å². The summed E-state index contributed by atoms with van der Waals surface area (Å²) >= 11 is 0. The normalized spacial score (nSPS) is 10.9. The Morgan fingerprint density at radius 1 is 1.10 bits per heavy atom. The van der Waals surface area contributed by atoms with Gasteiger partial charge < -0.3 is 9.84 Å². The summed E-state index contributed by atoms with van der Waals surface area (Å²) in [5.74, 6) is -0.173. The van der Waals surface area contributed by atoms with Gasteiger partial charge >= 0.3 is 0 Å². The van der Waals surface area contributed by atoms with Gasteiger partial charge in [0.05, 0.1) is 23.6 Å². The number of aromatic nitrogens is 3. The second kappa shape index (κ2) is 7.71. The Morgan fingerprint density at radius 2 is 1.83 bits per heavy atom. The van der Waals surface area contributed by atoms with Crippen LogP contribution in [0.4, 0.5) is 10.1 Å². The van der Waals surface area contributed by atoms with Crippen LogP contribution in [0.2, 0.25) is 0 Å². The van der Waals surface area contributed by atoms with E-state index in [0.29, 0.717) is 22.7 Å². The van der Waals surface area contributed by atoms with Gasteiger partial charge in [-0.1, -0.05) is 53.7 Å². The molecular formula is C22H19FN4O2. The van der Waals surface area contributed by atoms with Crippen LogP contribution in [0, 0.1) is 19.7 Å². The predicted molar refractivity (Wildman–Crippen MR) is 107 cm³/mol. The number of anilines is 1. The smallest absolute Gasteiger partial charge is 0.277 e. The molecule has 0 saturated carbocycles. The van der Waals surface area contributed by atoms with E-state index in [0.717, 1.165) is 11.3 Å². The molecule has 0 atom stereocenters. The van der Waals surface area contributed by atoms with Crippen LogP contribution in [0.25, 0.3) is 11.3 Å². The van der Waals surface area contributed by atoms with E-state index in [1.807, 2.05) is 37.3 Å². The molecule has 146 valence electrons. The molecule has 0 fully saturated rings. The maximum atomic E-state index is 14.0. The fourth-order valence-corrected chi connectivity index (χ4v) is 3.12. The lowest BCUT2D eigenvalue weighted by Crippen LogP contribution is -2.13. The maximum Gasteiger partial charge on any atom is 0.277 e. The number of nitrogens with one attached hydrogen (secondary N) is 1. The molecule has 0 aliphatic rings. The number of carbonyl (C=O) groups is 1. The molecule has 0 unspecified atom stereocenters. The van der Waals surface area contributed by atoms with Crippen LogP contribution < -0.4 is 5.32 Å². The van der Waals surface area contributed by atoms with E-state index in [2.05, 4.69) is 15.6 Å². The monoisotopic (exact) mass is 390 g/mol. The lowest BCUT2D eigenvalue weighted by molar-refractivity contribution is 0.101. The van der Waals surface area contributed by atoms with Gasteiger partial charge in [-0.25, -0.2) is 4.39 Å². The zero-order valence-electron chi connectivity index (χ0n) is 16.0. The molecule has 29 heavy (non-hydrogen) atoms. The zero-order valence-corrected chi connectivity index (χ0v) is 16.0. The molecule has 6 nitrogen and oxygen atoms in total. The number of halogens is 1. The number of amides is 1. The van der Waals surface area contributed by atoms with Crippen molar-refractivity contribution in [2.45, 2.75) is 20.4 Å². The first-order valence-corrected chi connectivity index (χ1v) is 9.14. The Morgan fingerprint density at radius 3 is 2.59 bits per heavy atom. The molecule has 4 rings (SSSR count). The molecule has 0 aliphatic heterocycles. The van der Waals surface area contributed by atoms with Gasteiger partial charge in [0.25, 0.3) is 5.91 Å². The number of nitrogens with zero attached hydrogens (tertiary/aromatic N) is 3. The lowest BCUT2D eigenvalue weighted by atomic mass is 10.1. The van der Waals surface area contributed by atoms with Crippen molar-refractivity contribution in [1.82, 2.24) is 14.9 Å². The second-order valence-electron chi connectivity index (χ2n) is 6.69. The molecule has 7 heteroatoms. The van der Waals surface area contributed by atoms with Gasteiger partial charge in [-0.2, -0.15) is 5.10 Å². The minimum absolute atomic E-state index is 0.171. The fraction of sp³-hybridized carbons (Fsp3) is 0.136. The summed E-state index contributed by atoms with van der Waals surface area (Å²) in [5, 5.41) is 11.1. The van der Waals surface area contributed by atoms with Gasteiger partial charge in [0.1, 0.15) is 5.82 Å². The minimum Gasteiger partial charge on any atom is -0.355 e. The van der Waals surface area contributed by atoms with Crippen LogP contribution in [-0.2, 0) is 6.54 Å². The Hall–Kier alpha value is -3.74. The Labute approximate surface area is 167 Å². The first-order valence-electron chi connectivity index (χ1n) is 9.14. The highest BCUT2D eigenvalue weighted by atomic mass is 19.1. The Balaban J connectivity index is 1.54. The van der Waals surface area contributed by atoms with Crippen molar-refractivity contribution in [2.24, 2.45) is 0 Å². The molecule has 4 aromatic rings. The van der Waals surface area contributed by atoms with Crippen LogP contribution in [0.1, 0.15) is 27.4 Å². The molecule has 1 N–H and O–H groups in total. The topological polar surface area (TPSA) is 73.0 Å². The van der Waals surface area contributed by atoms with Crippen molar-refractivity contribution in [3.8, 4) is 11.3 Å². The van der Waals surface area contributed by atoms with Crippen molar-refractivity contribution >= 4 is 11.6 Å². The molecule has 2 heterocycles. The summed E-state index contributed by atoms with van der Waals surface area (Å²) in [5.41, 5.74) is 3.48. The summed E-state index contributed by atoms with van der Waals surface area (Å²) in [6.07, 6.45) is 0. The number of carbonyl (C=O) groups excluding carboxylic acids is 1. The SMILES string of the molecule is Cc1nn(Cc2ccccc2F)c(C)c1NC(=O)c1cc(-c2ccccc2)on1. The molecule has 2 aromatic carbocycles. The first-order chi connectivity index (χ1) is 14.0. The molecule has 1 amide bonds. The van der Waals surface area contributed by atoms with Gasteiger partial charge in [0, 0.05) is 17.2 Å². The Kier molecular flexibility index (Phi) is 4.95. The molecular weight excluding hydrogens is 371 g/mol. The molecule has 0 saturated heterocycles. The Bertz CT molecular complexity index is 1160. The fourth-order valence-electron chi connectivity index (χ4n) is 3.12. The van der Waals surface area contributed by atoms with E-state index in [9.17, 15) is 9.18 Å². The van der Waals surface area contributed by atoms with Gasteiger partial charge in [0.15, 0.2) is 11.5 Å². The maximum absolute atomic E-state index is 14.0. The number of benzene rings is 2. The quantitative estimate of drug-likeness (QED) is 0.541. The highest BCUT2D eigenvalue weighted by Gasteiger charge is 2.19. The van der Waals surface area contributed by atoms with E-state index >= 15 is 0 Å². The summed E-state index contributed by atoms with van der Waals surface area (Å²) in [6.45, 7) is 3.89. The summed E-state index contributed by atoms with van der Waals surface area (Å²) < 4.78 is 20.9. The van der Waals surface area contributed by atoms with Crippen molar-refractivity contribution < 1.29 is 13.7 Å². The van der Waals surface area contributed by atoms with Gasteiger partial charge in [-0.15, -0.1) is 0 Å². The van der Waals surface area contributed by atoms with Crippen LogP contribution in [0.5, 0.6) is 0 Å². The first kappa shape index (κ1) is 18.6. The summed E-state index contributed by atoms with van der Waals surface area (Å²) in [7, 11) is 0. The summed E-state index contributed by atoms with van der Waals surface area (Å²) in [6, 6.07) is 17.6.